The van der Waals surface area contributed by atoms with E-state index in [0.29, 0.717) is 0 Å². The minimum absolute atomic E-state index is 0.507. The first-order chi connectivity index (χ1) is 42.7. The molecule has 0 unspecified atom stereocenters. The van der Waals surface area contributed by atoms with Crippen LogP contribution in [0.25, 0.3) is 146 Å². The maximum atomic E-state index is 5.50. The van der Waals surface area contributed by atoms with Gasteiger partial charge in [-0.1, -0.05) is 218 Å². The molecule has 0 aliphatic heterocycles. The van der Waals surface area contributed by atoms with Crippen LogP contribution in [0.3, 0.4) is 0 Å². The molecule has 2 aliphatic rings. The van der Waals surface area contributed by atoms with Crippen molar-refractivity contribution in [3.8, 4) is 28.1 Å². The second-order valence-electron chi connectivity index (χ2n) is 23.6. The van der Waals surface area contributed by atoms with Crippen molar-refractivity contribution in [1.82, 2.24) is 9.55 Å². The van der Waals surface area contributed by atoms with E-state index < -0.39 is 5.41 Å². The number of para-hydroxylation sites is 1. The monoisotopic (exact) mass is 1110 g/mol. The van der Waals surface area contributed by atoms with Crippen LogP contribution < -0.4 is 4.90 Å². The van der Waals surface area contributed by atoms with E-state index in [1.165, 1.54) is 146 Å². The highest BCUT2D eigenvalue weighted by Crippen LogP contribution is 2.65. The molecular formula is C82H47N3S. The minimum atomic E-state index is -0.507. The Balaban J connectivity index is 0.886. The van der Waals surface area contributed by atoms with Crippen LogP contribution in [-0.4, -0.2) is 9.55 Å². The van der Waals surface area contributed by atoms with Gasteiger partial charge in [0.25, 0.3) is 0 Å². The largest absolute Gasteiger partial charge is 0.310 e. The fourth-order valence-corrected chi connectivity index (χ4v) is 17.2. The maximum absolute atomic E-state index is 5.50. The zero-order chi connectivity index (χ0) is 55.9. The number of anilines is 3. The van der Waals surface area contributed by atoms with Crippen LogP contribution in [0.2, 0.25) is 0 Å². The molecule has 0 saturated carbocycles. The van der Waals surface area contributed by atoms with E-state index in [1.807, 2.05) is 11.3 Å². The number of rotatable bonds is 4. The summed E-state index contributed by atoms with van der Waals surface area (Å²) in [5, 5.41) is 21.1. The molecule has 0 N–H and O–H groups in total. The molecule has 15 aromatic carbocycles. The summed E-state index contributed by atoms with van der Waals surface area (Å²) in [6.45, 7) is 0. The van der Waals surface area contributed by atoms with Crippen LogP contribution in [0.15, 0.2) is 285 Å². The van der Waals surface area contributed by atoms with Gasteiger partial charge in [-0.3, -0.25) is 4.57 Å². The minimum Gasteiger partial charge on any atom is -0.310 e. The van der Waals surface area contributed by atoms with E-state index in [1.54, 1.807) is 0 Å². The second kappa shape index (κ2) is 17.1. The van der Waals surface area contributed by atoms with Gasteiger partial charge in [-0.05, 0) is 170 Å². The number of fused-ring (bicyclic) bond motifs is 29. The first-order valence-electron chi connectivity index (χ1n) is 29.8. The molecule has 1 spiro atoms. The first kappa shape index (κ1) is 46.6. The summed E-state index contributed by atoms with van der Waals surface area (Å²) in [7, 11) is 0. The number of hydrogen-bond donors (Lipinski definition) is 0. The summed E-state index contributed by atoms with van der Waals surface area (Å²) >= 11 is 1.90. The Hall–Kier alpha value is -10.9. The highest BCUT2D eigenvalue weighted by Gasteiger charge is 2.52. The van der Waals surface area contributed by atoms with Crippen molar-refractivity contribution in [2.24, 2.45) is 0 Å². The maximum Gasteiger partial charge on any atom is 0.138 e. The lowest BCUT2D eigenvalue weighted by molar-refractivity contribution is 0.794. The number of benzene rings is 15. The molecule has 3 nitrogen and oxygen atoms in total. The zero-order valence-electron chi connectivity index (χ0n) is 46.4. The van der Waals surface area contributed by atoms with Crippen molar-refractivity contribution in [3.63, 3.8) is 0 Å². The number of thiophene rings is 1. The molecule has 0 saturated heterocycles. The Kier molecular flexibility index (Phi) is 9.26. The van der Waals surface area contributed by atoms with Crippen molar-refractivity contribution in [3.05, 3.63) is 307 Å². The van der Waals surface area contributed by atoms with Gasteiger partial charge in [0.1, 0.15) is 5.82 Å². The average molecular weight is 1110 g/mol. The quantitative estimate of drug-likeness (QED) is 0.164. The Morgan fingerprint density at radius 1 is 0.326 bits per heavy atom. The van der Waals surface area contributed by atoms with Crippen molar-refractivity contribution in [2.45, 2.75) is 5.41 Å². The third-order valence-corrected chi connectivity index (χ3v) is 20.7. The molecule has 0 atom stereocenters. The first-order valence-corrected chi connectivity index (χ1v) is 30.6. The normalized spacial score (nSPS) is 13.2. The Morgan fingerprint density at radius 2 is 0.837 bits per heavy atom. The highest BCUT2D eigenvalue weighted by atomic mass is 32.1. The smallest absolute Gasteiger partial charge is 0.138 e. The molecule has 0 bridgehead atoms. The molecule has 4 heteroatoms. The third-order valence-electron chi connectivity index (χ3n) is 19.5. The second-order valence-corrected chi connectivity index (χ2v) is 24.7. The standard InChI is InChI=1S/C82H47N3S/c1-3-18-53-48(16-1)33-39-59-58(53)38-34-49-32-36-51(44-65(49)59)84(76-31-15-29-73-79(76)64-25-10-13-28-72(64)82(73)70-26-11-8-23-60(70)61-24-9-12-27-71(61)82)52-37-42-75-68(45-52)62-40-41-63-69-46-66-56-21-6-4-19-54(56)55-20-5-7-22-57(55)67(66)47-77(69)86-81(63)80(62)85(75)78-43-35-50-17-2-14-30-74(50)83-78/h1-47H. The van der Waals surface area contributed by atoms with Gasteiger partial charge in [-0.25, -0.2) is 4.98 Å². The fourth-order valence-electron chi connectivity index (χ4n) is 16.0. The SMILES string of the molecule is c1ccc2c(c1)-c1ccccc1C21c2ccccc2-c2c(N(c3ccc4ccc5c6ccccc6ccc5c4c3)c3ccc4c(c3)c3ccc5c6cc7c8ccccc8c8ccccc8c7cc6sc5c3n4-c3ccc4ccccc4n3)cccc21. The molecule has 0 amide bonds. The van der Waals surface area contributed by atoms with Crippen molar-refractivity contribution >= 4 is 146 Å². The van der Waals surface area contributed by atoms with E-state index in [2.05, 4.69) is 295 Å². The van der Waals surface area contributed by atoms with E-state index >= 15 is 0 Å². The van der Waals surface area contributed by atoms with Crippen LogP contribution in [0.1, 0.15) is 22.3 Å². The topological polar surface area (TPSA) is 21.1 Å². The van der Waals surface area contributed by atoms with Gasteiger partial charge < -0.3 is 4.90 Å². The predicted molar refractivity (Wildman–Crippen MR) is 365 cm³/mol. The third kappa shape index (κ3) is 6.07. The molecule has 20 rings (SSSR count). The lowest BCUT2D eigenvalue weighted by atomic mass is 9.70. The van der Waals surface area contributed by atoms with E-state index in [9.17, 15) is 0 Å². The number of aromatic nitrogens is 2. The summed E-state index contributed by atoms with van der Waals surface area (Å²) in [6, 6.07) is 107. The van der Waals surface area contributed by atoms with Gasteiger partial charge in [0, 0.05) is 48.6 Å². The summed E-state index contributed by atoms with van der Waals surface area (Å²) in [4.78, 5) is 8.07. The van der Waals surface area contributed by atoms with Crippen LogP contribution in [0, 0.1) is 0 Å². The average Bonchev–Trinajstić information content (AvgIpc) is 1.60. The van der Waals surface area contributed by atoms with E-state index in [0.717, 1.165) is 39.3 Å². The van der Waals surface area contributed by atoms with Crippen LogP contribution in [0.4, 0.5) is 17.1 Å². The fraction of sp³-hybridized carbons (Fsp3) is 0.0122. The van der Waals surface area contributed by atoms with Crippen LogP contribution >= 0.6 is 11.3 Å². The number of hydrogen-bond acceptors (Lipinski definition) is 3. The van der Waals surface area contributed by atoms with Crippen molar-refractivity contribution in [1.29, 1.82) is 0 Å². The molecule has 86 heavy (non-hydrogen) atoms. The number of nitrogens with zero attached hydrogens (tertiary/aromatic N) is 3. The molecule has 2 aliphatic carbocycles. The summed E-state index contributed by atoms with van der Waals surface area (Å²) < 4.78 is 4.98. The Labute approximate surface area is 498 Å². The van der Waals surface area contributed by atoms with Gasteiger partial charge in [-0.2, -0.15) is 0 Å². The molecule has 3 heterocycles. The van der Waals surface area contributed by atoms with Gasteiger partial charge in [0.2, 0.25) is 0 Å². The lowest BCUT2D eigenvalue weighted by Crippen LogP contribution is -2.26. The van der Waals surface area contributed by atoms with Crippen LogP contribution in [-0.2, 0) is 5.41 Å². The molecule has 0 radical (unpaired) electrons. The van der Waals surface area contributed by atoms with Gasteiger partial charge >= 0.3 is 0 Å². The highest BCUT2D eigenvalue weighted by molar-refractivity contribution is 7.26. The summed E-state index contributed by atoms with van der Waals surface area (Å²) in [6.07, 6.45) is 0. The van der Waals surface area contributed by atoms with Crippen molar-refractivity contribution in [2.75, 3.05) is 4.90 Å². The van der Waals surface area contributed by atoms with Crippen molar-refractivity contribution < 1.29 is 0 Å². The van der Waals surface area contributed by atoms with Gasteiger partial charge in [0.15, 0.2) is 0 Å². The molecule has 18 aromatic rings. The lowest BCUT2D eigenvalue weighted by Gasteiger charge is -2.32. The molecular weight excluding hydrogens is 1060 g/mol. The molecule has 3 aromatic heterocycles. The molecule has 396 valence electrons. The Morgan fingerprint density at radius 3 is 1.58 bits per heavy atom. The zero-order valence-corrected chi connectivity index (χ0v) is 47.2. The molecule has 0 fully saturated rings. The van der Waals surface area contributed by atoms with Crippen LogP contribution in [0.5, 0.6) is 0 Å². The summed E-state index contributed by atoms with van der Waals surface area (Å²) in [5.74, 6) is 0.897. The Bertz CT molecular complexity index is 6020. The predicted octanol–water partition coefficient (Wildman–Crippen LogP) is 22.4. The van der Waals surface area contributed by atoms with E-state index in [4.69, 9.17) is 4.98 Å². The summed E-state index contributed by atoms with van der Waals surface area (Å²) in [5.41, 5.74) is 16.4. The van der Waals surface area contributed by atoms with Gasteiger partial charge in [0.05, 0.1) is 32.4 Å². The van der Waals surface area contributed by atoms with Gasteiger partial charge in [-0.15, -0.1) is 11.3 Å². The van der Waals surface area contributed by atoms with E-state index in [-0.39, 0.29) is 0 Å². The number of pyridine rings is 1.